The van der Waals surface area contributed by atoms with Gasteiger partial charge >= 0.3 is 6.18 Å². The molecule has 6 rings (SSSR count). The van der Waals surface area contributed by atoms with Gasteiger partial charge in [-0.2, -0.15) is 13.2 Å². The molecule has 3 heterocycles. The van der Waals surface area contributed by atoms with Gasteiger partial charge in [-0.15, -0.1) is 0 Å². The Morgan fingerprint density at radius 2 is 1.55 bits per heavy atom. The van der Waals surface area contributed by atoms with Crippen LogP contribution in [0.25, 0.3) is 11.0 Å². The molecule has 1 saturated heterocycles. The number of hydrogen-bond acceptors (Lipinski definition) is 9. The molecule has 4 aromatic rings. The molecule has 2 aliphatic heterocycles. The molecule has 1 fully saturated rings. The fourth-order valence-electron chi connectivity index (χ4n) is 5.11. The Kier molecular flexibility index (Phi) is 7.33. The molecule has 9 nitrogen and oxygen atoms in total. The van der Waals surface area contributed by atoms with Crippen LogP contribution in [0.1, 0.15) is 16.9 Å². The first kappa shape index (κ1) is 27.7. The first-order valence-electron chi connectivity index (χ1n) is 13.2. The monoisotopic (exact) mass is 584 g/mol. The van der Waals surface area contributed by atoms with Gasteiger partial charge in [0, 0.05) is 39.3 Å². The fourth-order valence-corrected chi connectivity index (χ4v) is 5.11. The Morgan fingerprint density at radius 3 is 2.24 bits per heavy atom. The van der Waals surface area contributed by atoms with E-state index in [0.29, 0.717) is 38.5 Å². The van der Waals surface area contributed by atoms with Crippen LogP contribution < -0.4 is 24.4 Å². The van der Waals surface area contributed by atoms with Gasteiger partial charge in [-0.05, 0) is 54.1 Å². The second-order valence-corrected chi connectivity index (χ2v) is 10.0. The highest BCUT2D eigenvalue weighted by atomic mass is 19.4. The van der Waals surface area contributed by atoms with Gasteiger partial charge in [-0.25, -0.2) is 0 Å². The van der Waals surface area contributed by atoms with Crippen LogP contribution in [-0.4, -0.2) is 55.0 Å². The van der Waals surface area contributed by atoms with E-state index in [1.807, 2.05) is 23.1 Å². The number of alkyl halides is 3. The number of aromatic hydroxyl groups is 1. The molecule has 0 spiro atoms. The summed E-state index contributed by atoms with van der Waals surface area (Å²) in [6, 6.07) is 14.1. The summed E-state index contributed by atoms with van der Waals surface area (Å²) in [6.07, 6.45) is -5.03. The van der Waals surface area contributed by atoms with Crippen LogP contribution in [0.15, 0.2) is 63.8 Å². The summed E-state index contributed by atoms with van der Waals surface area (Å²) in [5.41, 5.74) is -0.129. The van der Waals surface area contributed by atoms with E-state index < -0.39 is 23.1 Å². The zero-order chi connectivity index (χ0) is 29.4. The predicted molar refractivity (Wildman–Crippen MR) is 145 cm³/mol. The van der Waals surface area contributed by atoms with E-state index in [4.69, 9.17) is 23.4 Å². The van der Waals surface area contributed by atoms with Gasteiger partial charge < -0.3 is 28.5 Å². The van der Waals surface area contributed by atoms with E-state index in [-0.39, 0.29) is 41.4 Å². The lowest BCUT2D eigenvalue weighted by molar-refractivity contribution is -0.154. The van der Waals surface area contributed by atoms with Crippen molar-refractivity contribution in [1.82, 2.24) is 9.80 Å². The van der Waals surface area contributed by atoms with E-state index in [1.54, 1.807) is 0 Å². The Balaban J connectivity index is 1.23. The van der Waals surface area contributed by atoms with Gasteiger partial charge in [0.2, 0.25) is 18.0 Å². The third-order valence-electron chi connectivity index (χ3n) is 7.32. The largest absolute Gasteiger partial charge is 0.507 e. The van der Waals surface area contributed by atoms with E-state index in [1.165, 1.54) is 43.5 Å². The van der Waals surface area contributed by atoms with Crippen molar-refractivity contribution in [2.75, 3.05) is 40.1 Å². The first-order valence-corrected chi connectivity index (χ1v) is 13.2. The van der Waals surface area contributed by atoms with Crippen molar-refractivity contribution < 1.29 is 41.6 Å². The molecule has 0 bridgehead atoms. The van der Waals surface area contributed by atoms with E-state index >= 15 is 0 Å². The maximum atomic E-state index is 14.1. The highest BCUT2D eigenvalue weighted by Crippen LogP contribution is 2.40. The molecule has 3 aromatic carbocycles. The van der Waals surface area contributed by atoms with Gasteiger partial charge in [0.25, 0.3) is 5.76 Å². The average Bonchev–Trinajstić information content (AvgIpc) is 3.44. The number of nitrogens with zero attached hydrogens (tertiary/aromatic N) is 2. The van der Waals surface area contributed by atoms with Crippen molar-refractivity contribution in [2.45, 2.75) is 19.3 Å². The summed E-state index contributed by atoms with van der Waals surface area (Å²) in [5, 5.41) is 10.5. The van der Waals surface area contributed by atoms with Crippen molar-refractivity contribution in [3.05, 3.63) is 81.7 Å². The van der Waals surface area contributed by atoms with Gasteiger partial charge in [0.1, 0.15) is 22.8 Å². The number of fused-ring (bicyclic) bond motifs is 2. The highest BCUT2D eigenvalue weighted by Gasteiger charge is 2.41. The summed E-state index contributed by atoms with van der Waals surface area (Å²) < 4.78 is 69.0. The minimum absolute atomic E-state index is 0.00516. The Morgan fingerprint density at radius 1 is 0.881 bits per heavy atom. The number of benzene rings is 3. The lowest BCUT2D eigenvalue weighted by Gasteiger charge is -2.35. The summed E-state index contributed by atoms with van der Waals surface area (Å²) >= 11 is 0. The first-order chi connectivity index (χ1) is 20.2. The second kappa shape index (κ2) is 11.1. The van der Waals surface area contributed by atoms with Crippen molar-refractivity contribution in [3.8, 4) is 34.5 Å². The topological polar surface area (TPSA) is 93.8 Å². The summed E-state index contributed by atoms with van der Waals surface area (Å²) in [5.74, 6) is -0.896. The maximum absolute atomic E-state index is 14.1. The Bertz CT molecular complexity index is 1660. The molecule has 0 atom stereocenters. The van der Waals surface area contributed by atoms with Crippen LogP contribution in [0.2, 0.25) is 0 Å². The fraction of sp³-hybridized carbons (Fsp3) is 0.300. The van der Waals surface area contributed by atoms with Crippen LogP contribution in [-0.2, 0) is 19.3 Å². The normalized spacial score (nSPS) is 15.7. The molecule has 1 N–H and O–H groups in total. The van der Waals surface area contributed by atoms with Gasteiger partial charge in [-0.3, -0.25) is 14.6 Å². The molecule has 42 heavy (non-hydrogen) atoms. The van der Waals surface area contributed by atoms with E-state index in [2.05, 4.69) is 4.90 Å². The summed E-state index contributed by atoms with van der Waals surface area (Å²) in [6.45, 7) is 3.57. The minimum atomic E-state index is -5.03. The standard InChI is InChI=1S/C30H27F3N2O7/c1-38-19-3-5-20(6-4-19)41-28-26(37)21-7-8-23(36)22(27(21)42-29(28)30(31,32)33)16-35-12-10-34(11-13-35)15-18-2-9-24-25(14-18)40-17-39-24/h2-9,14,36H,10-13,15-17H2,1H3. The zero-order valence-corrected chi connectivity index (χ0v) is 22.6. The number of hydrogen-bond donors (Lipinski definition) is 1. The zero-order valence-electron chi connectivity index (χ0n) is 22.6. The molecule has 0 saturated carbocycles. The second-order valence-electron chi connectivity index (χ2n) is 10.0. The third-order valence-corrected chi connectivity index (χ3v) is 7.32. The predicted octanol–water partition coefficient (Wildman–Crippen LogP) is 5.36. The molecule has 0 aliphatic carbocycles. The van der Waals surface area contributed by atoms with E-state index in [9.17, 15) is 23.1 Å². The lowest BCUT2D eigenvalue weighted by atomic mass is 10.1. The number of rotatable bonds is 7. The number of phenolic OH excluding ortho intramolecular Hbond substituents is 1. The number of piperazine rings is 1. The average molecular weight is 585 g/mol. The smallest absolute Gasteiger partial charge is 0.453 e. The van der Waals surface area contributed by atoms with Crippen LogP contribution in [0.4, 0.5) is 13.2 Å². The Labute approximate surface area is 238 Å². The van der Waals surface area contributed by atoms with Crippen molar-refractivity contribution in [2.24, 2.45) is 0 Å². The van der Waals surface area contributed by atoms with Crippen molar-refractivity contribution >= 4 is 11.0 Å². The number of ether oxygens (including phenoxy) is 4. The summed E-state index contributed by atoms with van der Waals surface area (Å²) in [4.78, 5) is 17.6. The molecular formula is C30H27F3N2O7. The van der Waals surface area contributed by atoms with E-state index in [0.717, 1.165) is 17.1 Å². The van der Waals surface area contributed by atoms with Crippen LogP contribution in [0.5, 0.6) is 34.5 Å². The lowest BCUT2D eigenvalue weighted by Crippen LogP contribution is -2.45. The number of halogens is 3. The molecule has 12 heteroatoms. The molecule has 0 unspecified atom stereocenters. The molecule has 2 aliphatic rings. The third kappa shape index (κ3) is 5.55. The van der Waals surface area contributed by atoms with Crippen LogP contribution in [0.3, 0.4) is 0 Å². The maximum Gasteiger partial charge on any atom is 0.453 e. The SMILES string of the molecule is COc1ccc(Oc2c(C(F)(F)F)oc3c(CN4CCN(Cc5ccc6c(c5)OCO6)CC4)c(O)ccc3c2=O)cc1. The summed E-state index contributed by atoms with van der Waals surface area (Å²) in [7, 11) is 1.45. The van der Waals surface area contributed by atoms with Crippen molar-refractivity contribution in [1.29, 1.82) is 0 Å². The Hall–Kier alpha value is -4.42. The van der Waals surface area contributed by atoms with Crippen LogP contribution >= 0.6 is 0 Å². The van der Waals surface area contributed by atoms with Gasteiger partial charge in [0.05, 0.1) is 18.1 Å². The highest BCUT2D eigenvalue weighted by molar-refractivity contribution is 5.83. The quantitative estimate of drug-likeness (QED) is 0.308. The number of methoxy groups -OCH3 is 1. The van der Waals surface area contributed by atoms with Gasteiger partial charge in [0.15, 0.2) is 11.5 Å². The minimum Gasteiger partial charge on any atom is -0.507 e. The molecule has 220 valence electrons. The number of phenols is 1. The molecule has 0 radical (unpaired) electrons. The molecule has 0 amide bonds. The molecular weight excluding hydrogens is 557 g/mol. The van der Waals surface area contributed by atoms with Gasteiger partial charge in [-0.1, -0.05) is 6.07 Å². The van der Waals surface area contributed by atoms with Crippen molar-refractivity contribution in [3.63, 3.8) is 0 Å². The van der Waals surface area contributed by atoms with Crippen LogP contribution in [0, 0.1) is 0 Å². The molecule has 1 aromatic heterocycles.